The highest BCUT2D eigenvalue weighted by Gasteiger charge is 2.03. The third-order valence-electron chi connectivity index (χ3n) is 2.55. The Hall–Kier alpha value is -1.09. The number of aromatic nitrogens is 1. The molecule has 0 spiro atoms. The highest BCUT2D eigenvalue weighted by Crippen LogP contribution is 2.13. The van der Waals surface area contributed by atoms with Crippen LogP contribution in [0.5, 0.6) is 0 Å². The van der Waals surface area contributed by atoms with E-state index in [9.17, 15) is 0 Å². The van der Waals surface area contributed by atoms with Gasteiger partial charge in [0.15, 0.2) is 0 Å². The van der Waals surface area contributed by atoms with Gasteiger partial charge in [-0.3, -0.25) is 4.90 Å². The molecule has 0 unspecified atom stereocenters. The van der Waals surface area contributed by atoms with Gasteiger partial charge in [0.05, 0.1) is 5.69 Å². The molecule has 1 aromatic heterocycles. The van der Waals surface area contributed by atoms with E-state index in [1.54, 1.807) is 6.07 Å². The predicted molar refractivity (Wildman–Crippen MR) is 75.9 cm³/mol. The Morgan fingerprint density at radius 1 is 1.06 bits per heavy atom. The second-order valence-electron chi connectivity index (χ2n) is 4.25. The van der Waals surface area contributed by atoms with Gasteiger partial charge in [-0.05, 0) is 36.9 Å². The molecule has 18 heavy (non-hydrogen) atoms. The fourth-order valence-corrected chi connectivity index (χ4v) is 2.21. The number of rotatable bonds is 4. The first-order valence-electron chi connectivity index (χ1n) is 5.68. The lowest BCUT2D eigenvalue weighted by atomic mass is 10.2. The van der Waals surface area contributed by atoms with Crippen molar-refractivity contribution < 1.29 is 0 Å². The van der Waals surface area contributed by atoms with Crippen LogP contribution in [0.15, 0.2) is 42.5 Å². The third kappa shape index (κ3) is 3.98. The largest absolute Gasteiger partial charge is 0.296 e. The summed E-state index contributed by atoms with van der Waals surface area (Å²) in [5.74, 6) is 0. The van der Waals surface area contributed by atoms with E-state index >= 15 is 0 Å². The fraction of sp³-hybridized carbons (Fsp3) is 0.214. The summed E-state index contributed by atoms with van der Waals surface area (Å²) >= 11 is 11.8. The molecule has 0 amide bonds. The summed E-state index contributed by atoms with van der Waals surface area (Å²) in [4.78, 5) is 6.44. The van der Waals surface area contributed by atoms with Crippen LogP contribution >= 0.6 is 23.2 Å². The van der Waals surface area contributed by atoms with E-state index in [0.29, 0.717) is 5.15 Å². The second kappa shape index (κ2) is 6.19. The maximum Gasteiger partial charge on any atom is 0.129 e. The molecule has 4 heteroatoms. The van der Waals surface area contributed by atoms with E-state index in [1.165, 1.54) is 5.56 Å². The van der Waals surface area contributed by atoms with Crippen LogP contribution in [-0.2, 0) is 13.1 Å². The molecule has 1 heterocycles. The number of halogens is 2. The average molecular weight is 281 g/mol. The molecule has 2 nitrogen and oxygen atoms in total. The van der Waals surface area contributed by atoms with E-state index < -0.39 is 0 Å². The van der Waals surface area contributed by atoms with Crippen LogP contribution in [0.3, 0.4) is 0 Å². The van der Waals surface area contributed by atoms with Crippen LogP contribution in [0.25, 0.3) is 0 Å². The van der Waals surface area contributed by atoms with Gasteiger partial charge in [-0.2, -0.15) is 0 Å². The Morgan fingerprint density at radius 3 is 2.56 bits per heavy atom. The second-order valence-corrected chi connectivity index (χ2v) is 5.08. The maximum absolute atomic E-state index is 5.96. The van der Waals surface area contributed by atoms with Gasteiger partial charge in [-0.25, -0.2) is 4.98 Å². The van der Waals surface area contributed by atoms with Crippen LogP contribution in [0.4, 0.5) is 0 Å². The number of hydrogen-bond donors (Lipinski definition) is 0. The lowest BCUT2D eigenvalue weighted by Gasteiger charge is -2.16. The molecule has 0 fully saturated rings. The van der Waals surface area contributed by atoms with Crippen molar-refractivity contribution in [2.45, 2.75) is 13.1 Å². The van der Waals surface area contributed by atoms with E-state index in [4.69, 9.17) is 23.2 Å². The molecule has 2 aromatic rings. The number of benzene rings is 1. The van der Waals surface area contributed by atoms with Gasteiger partial charge in [0, 0.05) is 18.1 Å². The van der Waals surface area contributed by atoms with Crippen molar-refractivity contribution in [3.8, 4) is 0 Å². The van der Waals surface area contributed by atoms with Crippen LogP contribution in [0.2, 0.25) is 10.2 Å². The summed E-state index contributed by atoms with van der Waals surface area (Å²) in [5, 5.41) is 1.30. The SMILES string of the molecule is CN(Cc1cccc(Cl)c1)Cc1cccc(Cl)n1. The Kier molecular flexibility index (Phi) is 4.59. The summed E-state index contributed by atoms with van der Waals surface area (Å²) in [7, 11) is 2.05. The summed E-state index contributed by atoms with van der Waals surface area (Å²) in [6.45, 7) is 1.59. The monoisotopic (exact) mass is 280 g/mol. The van der Waals surface area contributed by atoms with Gasteiger partial charge in [0.2, 0.25) is 0 Å². The van der Waals surface area contributed by atoms with Crippen LogP contribution in [0, 0.1) is 0 Å². The van der Waals surface area contributed by atoms with Gasteiger partial charge in [0.25, 0.3) is 0 Å². The molecular formula is C14H14Cl2N2. The van der Waals surface area contributed by atoms with Gasteiger partial charge in [-0.15, -0.1) is 0 Å². The Labute approximate surface area is 117 Å². The van der Waals surface area contributed by atoms with Gasteiger partial charge < -0.3 is 0 Å². The van der Waals surface area contributed by atoms with Gasteiger partial charge in [-0.1, -0.05) is 41.4 Å². The first-order chi connectivity index (χ1) is 8.63. The zero-order valence-corrected chi connectivity index (χ0v) is 11.6. The van der Waals surface area contributed by atoms with Crippen LogP contribution in [0.1, 0.15) is 11.3 Å². The Bertz CT molecular complexity index is 481. The van der Waals surface area contributed by atoms with E-state index in [-0.39, 0.29) is 0 Å². The summed E-state index contributed by atoms with van der Waals surface area (Å²) in [6, 6.07) is 13.5. The zero-order chi connectivity index (χ0) is 13.0. The molecule has 0 N–H and O–H groups in total. The van der Waals surface area contributed by atoms with Crippen LogP contribution < -0.4 is 0 Å². The molecule has 94 valence electrons. The molecule has 0 aliphatic carbocycles. The van der Waals surface area contributed by atoms with Gasteiger partial charge in [0.1, 0.15) is 5.15 Å². The number of hydrogen-bond acceptors (Lipinski definition) is 2. The third-order valence-corrected chi connectivity index (χ3v) is 2.99. The Balaban J connectivity index is 1.98. The molecule has 0 radical (unpaired) electrons. The van der Waals surface area contributed by atoms with Crippen molar-refractivity contribution in [3.63, 3.8) is 0 Å². The summed E-state index contributed by atoms with van der Waals surface area (Å²) < 4.78 is 0. The average Bonchev–Trinajstić information content (AvgIpc) is 2.28. The minimum Gasteiger partial charge on any atom is -0.296 e. The molecule has 0 aliphatic heterocycles. The highest BCUT2D eigenvalue weighted by atomic mass is 35.5. The predicted octanol–water partition coefficient (Wildman–Crippen LogP) is 4.02. The fourth-order valence-electron chi connectivity index (χ4n) is 1.82. The van der Waals surface area contributed by atoms with Crippen molar-refractivity contribution in [1.29, 1.82) is 0 Å². The number of nitrogens with zero attached hydrogens (tertiary/aromatic N) is 2. The smallest absolute Gasteiger partial charge is 0.129 e. The molecular weight excluding hydrogens is 267 g/mol. The van der Waals surface area contributed by atoms with Crippen LogP contribution in [-0.4, -0.2) is 16.9 Å². The zero-order valence-electron chi connectivity index (χ0n) is 10.1. The first kappa shape index (κ1) is 13.3. The molecule has 0 saturated carbocycles. The Morgan fingerprint density at radius 2 is 1.83 bits per heavy atom. The summed E-state index contributed by atoms with van der Waals surface area (Å²) in [5.41, 5.74) is 2.15. The van der Waals surface area contributed by atoms with Crippen molar-refractivity contribution in [1.82, 2.24) is 9.88 Å². The van der Waals surface area contributed by atoms with E-state index in [1.807, 2.05) is 37.4 Å². The minimum absolute atomic E-state index is 0.531. The molecule has 1 aromatic carbocycles. The van der Waals surface area contributed by atoms with Crippen molar-refractivity contribution in [3.05, 3.63) is 63.9 Å². The molecule has 0 bridgehead atoms. The topological polar surface area (TPSA) is 16.1 Å². The number of pyridine rings is 1. The molecule has 0 atom stereocenters. The molecule has 0 saturated heterocycles. The molecule has 0 aliphatic rings. The molecule has 2 rings (SSSR count). The quantitative estimate of drug-likeness (QED) is 0.787. The normalized spacial score (nSPS) is 10.9. The lowest BCUT2D eigenvalue weighted by Crippen LogP contribution is -2.17. The summed E-state index contributed by atoms with van der Waals surface area (Å²) in [6.07, 6.45) is 0. The van der Waals surface area contributed by atoms with Gasteiger partial charge >= 0.3 is 0 Å². The van der Waals surface area contributed by atoms with E-state index in [2.05, 4.69) is 16.0 Å². The standard InChI is InChI=1S/C14H14Cl2N2/c1-18(9-11-4-2-5-12(15)8-11)10-13-6-3-7-14(16)17-13/h2-8H,9-10H2,1H3. The van der Waals surface area contributed by atoms with Crippen molar-refractivity contribution in [2.24, 2.45) is 0 Å². The maximum atomic E-state index is 5.96. The lowest BCUT2D eigenvalue weighted by molar-refractivity contribution is 0.315. The highest BCUT2D eigenvalue weighted by molar-refractivity contribution is 6.30. The van der Waals surface area contributed by atoms with Crippen molar-refractivity contribution >= 4 is 23.2 Å². The van der Waals surface area contributed by atoms with E-state index in [0.717, 1.165) is 23.8 Å². The van der Waals surface area contributed by atoms with Crippen molar-refractivity contribution in [2.75, 3.05) is 7.05 Å². The first-order valence-corrected chi connectivity index (χ1v) is 6.43. The minimum atomic E-state index is 0.531.